The highest BCUT2D eigenvalue weighted by molar-refractivity contribution is 5.70. The van der Waals surface area contributed by atoms with Gasteiger partial charge in [0.25, 0.3) is 0 Å². The first-order valence-electron chi connectivity index (χ1n) is 7.68. The molecule has 4 heteroatoms. The fourth-order valence-corrected chi connectivity index (χ4v) is 5.94. The first kappa shape index (κ1) is 13.3. The van der Waals surface area contributed by atoms with Gasteiger partial charge in [-0.15, -0.1) is 0 Å². The van der Waals surface area contributed by atoms with Crippen molar-refractivity contribution < 1.29 is 19.4 Å². The predicted octanol–water partition coefficient (Wildman–Crippen LogP) is 2.72. The molecule has 112 valence electrons. The molecule has 3 aliphatic rings. The Morgan fingerprint density at radius 2 is 2.00 bits per heavy atom. The van der Waals surface area contributed by atoms with E-state index in [4.69, 9.17) is 0 Å². The number of carboxylic acids is 1. The number of hydrogen-bond acceptors (Lipinski definition) is 2. The van der Waals surface area contributed by atoms with Crippen molar-refractivity contribution in [3.63, 3.8) is 0 Å². The van der Waals surface area contributed by atoms with E-state index in [9.17, 15) is 19.4 Å². The van der Waals surface area contributed by atoms with Gasteiger partial charge < -0.3 is 10.2 Å². The van der Waals surface area contributed by atoms with Crippen LogP contribution in [0, 0.1) is 23.1 Å². The van der Waals surface area contributed by atoms with Gasteiger partial charge in [0.05, 0.1) is 12.5 Å². The largest absolute Gasteiger partial charge is 0.481 e. The quantitative estimate of drug-likeness (QED) is 0.900. The van der Waals surface area contributed by atoms with E-state index >= 15 is 0 Å². The first-order valence-corrected chi connectivity index (χ1v) is 7.68. The van der Waals surface area contributed by atoms with Crippen LogP contribution in [-0.4, -0.2) is 22.3 Å². The molecule has 0 bridgehead atoms. The molecule has 4 rings (SSSR count). The summed E-state index contributed by atoms with van der Waals surface area (Å²) in [5.74, 6) is -0.648. The van der Waals surface area contributed by atoms with Gasteiger partial charge in [-0.3, -0.25) is 4.79 Å². The highest BCUT2D eigenvalue weighted by Crippen LogP contribution is 2.80. The Bertz CT molecular complexity index is 599. The van der Waals surface area contributed by atoms with Crippen LogP contribution in [-0.2, 0) is 10.2 Å². The second-order valence-corrected chi connectivity index (χ2v) is 6.98. The Morgan fingerprint density at radius 3 is 2.62 bits per heavy atom. The lowest BCUT2D eigenvalue weighted by Crippen LogP contribution is -2.76. The summed E-state index contributed by atoms with van der Waals surface area (Å²) in [6, 6.07) is 6.32. The molecule has 3 fully saturated rings. The Morgan fingerprint density at radius 1 is 1.29 bits per heavy atom. The number of rotatable bonds is 3. The maximum atomic E-state index is 13.2. The molecular weight excluding hydrogens is 271 g/mol. The first-order chi connectivity index (χ1) is 10.0. The number of halogens is 1. The fraction of sp³-hybridized carbons (Fsp3) is 0.588. The van der Waals surface area contributed by atoms with E-state index in [-0.39, 0.29) is 35.6 Å². The molecule has 3 aliphatic carbocycles. The SMILES string of the molecule is O=C(O)C[C@@]1(c2ccc(F)cc2)C2CCCC23C1C[C@@H]3O. The van der Waals surface area contributed by atoms with Crippen LogP contribution in [0.25, 0.3) is 0 Å². The van der Waals surface area contributed by atoms with E-state index in [0.717, 1.165) is 24.8 Å². The molecule has 1 aromatic carbocycles. The van der Waals surface area contributed by atoms with Crippen molar-refractivity contribution in [1.29, 1.82) is 0 Å². The van der Waals surface area contributed by atoms with Gasteiger partial charge in [-0.2, -0.15) is 0 Å². The van der Waals surface area contributed by atoms with E-state index in [1.165, 1.54) is 12.1 Å². The monoisotopic (exact) mass is 290 g/mol. The fourth-order valence-electron chi connectivity index (χ4n) is 5.94. The normalized spacial score (nSPS) is 43.4. The molecule has 5 atom stereocenters. The van der Waals surface area contributed by atoms with E-state index in [2.05, 4.69) is 0 Å². The summed E-state index contributed by atoms with van der Waals surface area (Å²) < 4.78 is 13.2. The van der Waals surface area contributed by atoms with Gasteiger partial charge in [0.1, 0.15) is 5.82 Å². The van der Waals surface area contributed by atoms with E-state index in [1.807, 2.05) is 0 Å². The van der Waals surface area contributed by atoms with Crippen LogP contribution in [0.2, 0.25) is 0 Å². The third-order valence-corrected chi connectivity index (χ3v) is 6.55. The summed E-state index contributed by atoms with van der Waals surface area (Å²) in [6.07, 6.45) is 3.52. The zero-order valence-electron chi connectivity index (χ0n) is 11.8. The van der Waals surface area contributed by atoms with Crippen LogP contribution in [0.15, 0.2) is 24.3 Å². The summed E-state index contributed by atoms with van der Waals surface area (Å²) in [7, 11) is 0. The standard InChI is InChI=1S/C17H19FO3/c18-11-5-3-10(4-6-11)17(9-15(20)21)12-2-1-7-16(12)13(17)8-14(16)19/h3-6,12-14,19H,1-2,7-9H2,(H,20,21)/t12?,13?,14-,16?,17+/m0/s1. The third-order valence-electron chi connectivity index (χ3n) is 6.55. The molecule has 2 N–H and O–H groups in total. The Kier molecular flexibility index (Phi) is 2.57. The van der Waals surface area contributed by atoms with Crippen molar-refractivity contribution in [2.75, 3.05) is 0 Å². The Labute approximate surface area is 122 Å². The second kappa shape index (κ2) is 4.07. The molecule has 3 saturated carbocycles. The van der Waals surface area contributed by atoms with Crippen molar-refractivity contribution >= 4 is 5.97 Å². The van der Waals surface area contributed by atoms with Crippen LogP contribution in [0.1, 0.15) is 37.7 Å². The molecule has 3 unspecified atom stereocenters. The Hall–Kier alpha value is -1.42. The van der Waals surface area contributed by atoms with Crippen LogP contribution in [0.4, 0.5) is 4.39 Å². The van der Waals surface area contributed by atoms with Gasteiger partial charge in [-0.05, 0) is 48.8 Å². The zero-order valence-corrected chi connectivity index (χ0v) is 11.8. The maximum Gasteiger partial charge on any atom is 0.304 e. The van der Waals surface area contributed by atoms with Gasteiger partial charge in [0.2, 0.25) is 0 Å². The lowest BCUT2D eigenvalue weighted by Gasteiger charge is -2.75. The number of aliphatic carboxylic acids is 1. The summed E-state index contributed by atoms with van der Waals surface area (Å²) >= 11 is 0. The molecule has 0 heterocycles. The van der Waals surface area contributed by atoms with Crippen LogP contribution < -0.4 is 0 Å². The van der Waals surface area contributed by atoms with Crippen molar-refractivity contribution in [2.24, 2.45) is 17.3 Å². The average molecular weight is 290 g/mol. The van der Waals surface area contributed by atoms with Gasteiger partial charge in [0.15, 0.2) is 0 Å². The molecule has 21 heavy (non-hydrogen) atoms. The van der Waals surface area contributed by atoms with Crippen LogP contribution in [0.5, 0.6) is 0 Å². The topological polar surface area (TPSA) is 57.5 Å². The van der Waals surface area contributed by atoms with Gasteiger partial charge in [-0.1, -0.05) is 18.6 Å². The summed E-state index contributed by atoms with van der Waals surface area (Å²) in [4.78, 5) is 11.5. The minimum Gasteiger partial charge on any atom is -0.481 e. The maximum absolute atomic E-state index is 13.2. The third kappa shape index (κ3) is 1.39. The molecular formula is C17H19FO3. The molecule has 0 amide bonds. The minimum atomic E-state index is -0.804. The van der Waals surface area contributed by atoms with Crippen molar-refractivity contribution in [2.45, 2.75) is 43.6 Å². The molecule has 0 radical (unpaired) electrons. The van der Waals surface area contributed by atoms with Gasteiger partial charge >= 0.3 is 5.97 Å². The minimum absolute atomic E-state index is 0.0517. The van der Waals surface area contributed by atoms with Gasteiger partial charge in [-0.25, -0.2) is 4.39 Å². The number of hydrogen-bond donors (Lipinski definition) is 2. The van der Waals surface area contributed by atoms with Crippen molar-refractivity contribution in [1.82, 2.24) is 0 Å². The van der Waals surface area contributed by atoms with E-state index in [1.54, 1.807) is 12.1 Å². The highest BCUT2D eigenvalue weighted by Gasteiger charge is 2.79. The highest BCUT2D eigenvalue weighted by atomic mass is 19.1. The summed E-state index contributed by atoms with van der Waals surface area (Å²) in [5.41, 5.74) is 0.477. The lowest BCUT2D eigenvalue weighted by molar-refractivity contribution is -0.278. The van der Waals surface area contributed by atoms with Crippen LogP contribution >= 0.6 is 0 Å². The number of aliphatic hydroxyl groups excluding tert-OH is 1. The van der Waals surface area contributed by atoms with Crippen molar-refractivity contribution in [3.8, 4) is 0 Å². The second-order valence-electron chi connectivity index (χ2n) is 6.98. The summed E-state index contributed by atoms with van der Waals surface area (Å²) in [6.45, 7) is 0. The summed E-state index contributed by atoms with van der Waals surface area (Å²) in [5, 5.41) is 19.7. The molecule has 3 nitrogen and oxygen atoms in total. The molecule has 0 saturated heterocycles. The molecule has 0 aromatic heterocycles. The molecule has 0 aliphatic heterocycles. The van der Waals surface area contributed by atoms with Crippen LogP contribution in [0.3, 0.4) is 0 Å². The molecule has 1 spiro atoms. The number of carboxylic acid groups (broad SMARTS) is 1. The average Bonchev–Trinajstić information content (AvgIpc) is 2.88. The number of benzene rings is 1. The predicted molar refractivity (Wildman–Crippen MR) is 74.2 cm³/mol. The zero-order chi connectivity index (χ0) is 14.8. The lowest BCUT2D eigenvalue weighted by atomic mass is 9.29. The van der Waals surface area contributed by atoms with Gasteiger partial charge in [0, 0.05) is 10.8 Å². The van der Waals surface area contributed by atoms with Crippen molar-refractivity contribution in [3.05, 3.63) is 35.6 Å². The Balaban J connectivity index is 1.80. The molecule has 1 aromatic rings. The number of aliphatic hydroxyl groups is 1. The van der Waals surface area contributed by atoms with E-state index < -0.39 is 11.4 Å². The smallest absolute Gasteiger partial charge is 0.304 e. The van der Waals surface area contributed by atoms with E-state index in [0.29, 0.717) is 6.42 Å². The number of carbonyl (C=O) groups is 1.